The lowest BCUT2D eigenvalue weighted by Crippen LogP contribution is -2.41. The predicted octanol–water partition coefficient (Wildman–Crippen LogP) is 5.31. The summed E-state index contributed by atoms with van der Waals surface area (Å²) in [5.41, 5.74) is 2.71. The second-order valence-corrected chi connectivity index (χ2v) is 16.6. The topological polar surface area (TPSA) is 128 Å². The maximum absolute atomic E-state index is 13.5. The Kier molecular flexibility index (Phi) is 9.66. The smallest absolute Gasteiger partial charge is 0.328 e. The molecule has 1 fully saturated rings. The van der Waals surface area contributed by atoms with E-state index in [1.54, 1.807) is 25.2 Å². The van der Waals surface area contributed by atoms with Gasteiger partial charge in [0.1, 0.15) is 40.8 Å². The lowest BCUT2D eigenvalue weighted by molar-refractivity contribution is -0.109. The van der Waals surface area contributed by atoms with Crippen molar-refractivity contribution in [2.75, 3.05) is 44.2 Å². The summed E-state index contributed by atoms with van der Waals surface area (Å²) in [6.07, 6.45) is 2.83. The summed E-state index contributed by atoms with van der Waals surface area (Å²) in [5.74, 6) is 1.19. The van der Waals surface area contributed by atoms with Gasteiger partial charge < -0.3 is 23.4 Å². The fraction of sp³-hybridized carbons (Fsp3) is 0.586. The minimum Gasteiger partial charge on any atom is -0.486 e. The van der Waals surface area contributed by atoms with E-state index >= 15 is 0 Å². The molecule has 41 heavy (non-hydrogen) atoms. The SMILES string of the molecule is COC(OC)c1nc2c(cc1CO[Si](C)(C)C(C)(C)C)CCCN2C(=O)Nc1cc(OC2CCOC2)c(C#N)cn1. The van der Waals surface area contributed by atoms with Crippen molar-refractivity contribution in [2.45, 2.75) is 77.2 Å². The third-order valence-electron chi connectivity index (χ3n) is 7.97. The molecule has 0 aromatic carbocycles. The molecule has 1 saturated heterocycles. The van der Waals surface area contributed by atoms with Gasteiger partial charge in [0.25, 0.3) is 0 Å². The van der Waals surface area contributed by atoms with E-state index in [2.05, 4.69) is 56.3 Å². The molecule has 0 radical (unpaired) electrons. The Hall–Kier alpha value is -3.08. The zero-order valence-corrected chi connectivity index (χ0v) is 26.1. The molecule has 4 rings (SSSR count). The second kappa shape index (κ2) is 12.8. The van der Waals surface area contributed by atoms with Gasteiger partial charge in [-0.2, -0.15) is 5.26 Å². The van der Waals surface area contributed by atoms with Crippen LogP contribution in [0.15, 0.2) is 18.3 Å². The highest BCUT2D eigenvalue weighted by atomic mass is 28.4. The van der Waals surface area contributed by atoms with Crippen LogP contribution in [0.1, 0.15) is 62.3 Å². The molecule has 2 aliphatic rings. The summed E-state index contributed by atoms with van der Waals surface area (Å²) in [7, 11) is 1.10. The number of nitrogens with one attached hydrogen (secondary N) is 1. The van der Waals surface area contributed by atoms with Crippen molar-refractivity contribution in [1.29, 1.82) is 5.26 Å². The van der Waals surface area contributed by atoms with Crippen molar-refractivity contribution in [1.82, 2.24) is 9.97 Å². The van der Waals surface area contributed by atoms with Crippen LogP contribution in [0.2, 0.25) is 18.1 Å². The first-order valence-corrected chi connectivity index (χ1v) is 16.8. The first-order chi connectivity index (χ1) is 19.5. The Balaban J connectivity index is 1.60. The van der Waals surface area contributed by atoms with Crippen LogP contribution in [0.3, 0.4) is 0 Å². The van der Waals surface area contributed by atoms with Crippen LogP contribution < -0.4 is 15.0 Å². The van der Waals surface area contributed by atoms with E-state index in [9.17, 15) is 10.1 Å². The fourth-order valence-electron chi connectivity index (χ4n) is 4.52. The molecule has 2 aromatic rings. The van der Waals surface area contributed by atoms with E-state index in [4.69, 9.17) is 28.4 Å². The molecule has 222 valence electrons. The summed E-state index contributed by atoms with van der Waals surface area (Å²) in [6, 6.07) is 5.35. The number of pyridine rings is 2. The van der Waals surface area contributed by atoms with Gasteiger partial charge in [0, 0.05) is 38.8 Å². The number of anilines is 2. The summed E-state index contributed by atoms with van der Waals surface area (Å²) in [6.45, 7) is 13.0. The van der Waals surface area contributed by atoms with E-state index < -0.39 is 14.6 Å². The summed E-state index contributed by atoms with van der Waals surface area (Å²) >= 11 is 0. The molecule has 1 atom stereocenters. The first kappa shape index (κ1) is 30.9. The quantitative estimate of drug-likeness (QED) is 0.308. The average molecular weight is 584 g/mol. The number of hydrogen-bond donors (Lipinski definition) is 1. The van der Waals surface area contributed by atoms with Crippen LogP contribution >= 0.6 is 0 Å². The lowest BCUT2D eigenvalue weighted by Gasteiger charge is -2.36. The lowest BCUT2D eigenvalue weighted by atomic mass is 10.0. The third kappa shape index (κ3) is 7.05. The number of nitrogens with zero attached hydrogens (tertiary/aromatic N) is 4. The van der Waals surface area contributed by atoms with Crippen molar-refractivity contribution in [2.24, 2.45) is 0 Å². The highest BCUT2D eigenvalue weighted by Gasteiger charge is 2.38. The summed E-state index contributed by atoms with van der Waals surface area (Å²) < 4.78 is 29.1. The number of fused-ring (bicyclic) bond motifs is 1. The number of nitriles is 1. The van der Waals surface area contributed by atoms with E-state index in [1.165, 1.54) is 6.20 Å². The number of methoxy groups -OCH3 is 2. The average Bonchev–Trinajstić information content (AvgIpc) is 3.45. The Labute approximate surface area is 243 Å². The Morgan fingerprint density at radius 1 is 1.29 bits per heavy atom. The van der Waals surface area contributed by atoms with E-state index in [0.29, 0.717) is 49.2 Å². The zero-order chi connectivity index (χ0) is 29.8. The van der Waals surface area contributed by atoms with Gasteiger partial charge in [-0.15, -0.1) is 0 Å². The van der Waals surface area contributed by atoms with Crippen molar-refractivity contribution in [3.8, 4) is 11.8 Å². The van der Waals surface area contributed by atoms with Gasteiger partial charge in [0.2, 0.25) is 6.29 Å². The Morgan fingerprint density at radius 3 is 2.68 bits per heavy atom. The third-order valence-corrected chi connectivity index (χ3v) is 12.4. The van der Waals surface area contributed by atoms with E-state index in [0.717, 1.165) is 30.4 Å². The molecule has 4 heterocycles. The highest BCUT2D eigenvalue weighted by Crippen LogP contribution is 2.38. The second-order valence-electron chi connectivity index (χ2n) is 11.8. The molecule has 1 N–H and O–H groups in total. The highest BCUT2D eigenvalue weighted by molar-refractivity contribution is 6.74. The maximum atomic E-state index is 13.5. The standard InChI is InChI=1S/C29H41N5O6Si/c1-29(2,3)41(6,7)39-17-20-13-19-9-8-11-34(26(19)33-25(20)27(36-4)37-5)28(35)32-24-14-23(21(15-30)16-31-24)40-22-10-12-38-18-22/h13-14,16,22,27H,8-12,17-18H2,1-7H3,(H,31,32,35). The fourth-order valence-corrected chi connectivity index (χ4v) is 5.47. The van der Waals surface area contributed by atoms with Gasteiger partial charge in [0.05, 0.1) is 26.0 Å². The molecule has 2 aliphatic heterocycles. The van der Waals surface area contributed by atoms with E-state index in [1.807, 2.05) is 0 Å². The molecular formula is C29H41N5O6Si. The van der Waals surface area contributed by atoms with Crippen LogP contribution in [0.5, 0.6) is 5.75 Å². The zero-order valence-electron chi connectivity index (χ0n) is 25.1. The van der Waals surface area contributed by atoms with Crippen molar-refractivity contribution >= 4 is 26.0 Å². The normalized spacial score (nSPS) is 17.3. The predicted molar refractivity (Wildman–Crippen MR) is 156 cm³/mol. The van der Waals surface area contributed by atoms with Gasteiger partial charge in [-0.1, -0.05) is 20.8 Å². The molecular weight excluding hydrogens is 542 g/mol. The van der Waals surface area contributed by atoms with Crippen LogP contribution in [-0.4, -0.2) is 64.4 Å². The molecule has 0 spiro atoms. The molecule has 0 aliphatic carbocycles. The van der Waals surface area contributed by atoms with Gasteiger partial charge in [-0.05, 0) is 42.6 Å². The largest absolute Gasteiger partial charge is 0.486 e. The summed E-state index contributed by atoms with van der Waals surface area (Å²) in [4.78, 5) is 24.3. The number of carbonyl (C=O) groups is 1. The number of carbonyl (C=O) groups excluding carboxylic acids is 1. The minimum absolute atomic E-state index is 0.0564. The Bertz CT molecular complexity index is 1280. The molecule has 2 aromatic heterocycles. The molecule has 1 unspecified atom stereocenters. The number of ether oxygens (including phenoxy) is 4. The minimum atomic E-state index is -2.03. The van der Waals surface area contributed by atoms with E-state index in [-0.39, 0.29) is 23.0 Å². The first-order valence-electron chi connectivity index (χ1n) is 13.9. The van der Waals surface area contributed by atoms with Gasteiger partial charge in [-0.25, -0.2) is 14.8 Å². The molecule has 0 bridgehead atoms. The van der Waals surface area contributed by atoms with Gasteiger partial charge in [0.15, 0.2) is 8.32 Å². The molecule has 12 heteroatoms. The number of aromatic nitrogens is 2. The van der Waals surface area contributed by atoms with Gasteiger partial charge >= 0.3 is 6.03 Å². The van der Waals surface area contributed by atoms with Crippen LogP contribution in [0, 0.1) is 11.3 Å². The molecule has 11 nitrogen and oxygen atoms in total. The maximum Gasteiger partial charge on any atom is 0.328 e. The van der Waals surface area contributed by atoms with Gasteiger partial charge in [-0.3, -0.25) is 10.2 Å². The number of urea groups is 1. The van der Waals surface area contributed by atoms with Crippen molar-refractivity contribution < 1.29 is 28.2 Å². The monoisotopic (exact) mass is 583 g/mol. The van der Waals surface area contributed by atoms with Crippen LogP contribution in [0.4, 0.5) is 16.4 Å². The van der Waals surface area contributed by atoms with Crippen molar-refractivity contribution in [3.63, 3.8) is 0 Å². The van der Waals surface area contributed by atoms with Crippen LogP contribution in [0.25, 0.3) is 0 Å². The Morgan fingerprint density at radius 2 is 2.05 bits per heavy atom. The van der Waals surface area contributed by atoms with Crippen LogP contribution in [-0.2, 0) is 31.7 Å². The number of rotatable bonds is 9. The number of amides is 2. The molecule has 2 amide bonds. The number of aryl methyl sites for hydroxylation is 1. The van der Waals surface area contributed by atoms with Crippen molar-refractivity contribution in [3.05, 3.63) is 40.7 Å². The molecule has 0 saturated carbocycles. The number of hydrogen-bond acceptors (Lipinski definition) is 9. The summed E-state index contributed by atoms with van der Waals surface area (Å²) in [5, 5.41) is 12.4.